The van der Waals surface area contributed by atoms with Crippen molar-refractivity contribution in [3.8, 4) is 0 Å². The van der Waals surface area contributed by atoms with E-state index >= 15 is 0 Å². The summed E-state index contributed by atoms with van der Waals surface area (Å²) < 4.78 is 11.0. The number of anilines is 1. The van der Waals surface area contributed by atoms with E-state index in [-0.39, 0.29) is 12.1 Å². The fourth-order valence-corrected chi connectivity index (χ4v) is 2.86. The normalized spacial score (nSPS) is 17.6. The fraction of sp³-hybridized carbons (Fsp3) is 0.333. The molecule has 0 aliphatic carbocycles. The lowest BCUT2D eigenvalue weighted by atomic mass is 10.1. The summed E-state index contributed by atoms with van der Waals surface area (Å²) in [5.74, 6) is 0.286. The molecule has 1 aliphatic rings. The highest BCUT2D eigenvalue weighted by molar-refractivity contribution is 6.30. The van der Waals surface area contributed by atoms with Gasteiger partial charge in [0.15, 0.2) is 0 Å². The van der Waals surface area contributed by atoms with E-state index < -0.39 is 0 Å². The Balaban J connectivity index is 1.82. The van der Waals surface area contributed by atoms with Gasteiger partial charge in [0.25, 0.3) is 0 Å². The minimum absolute atomic E-state index is 0.0898. The van der Waals surface area contributed by atoms with E-state index in [4.69, 9.17) is 21.1 Å². The van der Waals surface area contributed by atoms with Crippen molar-refractivity contribution in [2.75, 3.05) is 31.2 Å². The van der Waals surface area contributed by atoms with E-state index in [1.54, 1.807) is 25.3 Å². The molecule has 1 atom stereocenters. The molecule has 2 heterocycles. The van der Waals surface area contributed by atoms with Gasteiger partial charge in [-0.2, -0.15) is 0 Å². The Kier molecular flexibility index (Phi) is 5.33. The van der Waals surface area contributed by atoms with E-state index in [0.29, 0.717) is 42.7 Å². The molecular weight excluding hydrogens is 328 g/mol. The zero-order valence-corrected chi connectivity index (χ0v) is 14.2. The van der Waals surface area contributed by atoms with Crippen molar-refractivity contribution in [3.63, 3.8) is 0 Å². The number of hydrogen-bond acceptors (Lipinski definition) is 5. The van der Waals surface area contributed by atoms with Crippen molar-refractivity contribution in [1.29, 1.82) is 0 Å². The highest BCUT2D eigenvalue weighted by Gasteiger charge is 2.26. The Labute approximate surface area is 146 Å². The number of carbonyl (C=O) groups excluding carboxylic acids is 1. The average molecular weight is 347 g/mol. The number of aromatic nitrogens is 1. The van der Waals surface area contributed by atoms with Crippen LogP contribution in [0, 0.1) is 0 Å². The highest BCUT2D eigenvalue weighted by atomic mass is 35.5. The van der Waals surface area contributed by atoms with Crippen LogP contribution in [0.4, 0.5) is 5.82 Å². The molecule has 5 nitrogen and oxygen atoms in total. The SMILES string of the molecule is CCOC(=O)c1cccnc1N1CCO[C@H](c2ccc(Cl)cc2)C1. The predicted octanol–water partition coefficient (Wildman–Crippen LogP) is 3.49. The van der Waals surface area contributed by atoms with E-state index in [1.165, 1.54) is 0 Å². The number of hydrogen-bond donors (Lipinski definition) is 0. The molecule has 0 radical (unpaired) electrons. The zero-order valence-electron chi connectivity index (χ0n) is 13.4. The topological polar surface area (TPSA) is 51.7 Å². The van der Waals surface area contributed by atoms with Crippen LogP contribution >= 0.6 is 11.6 Å². The summed E-state index contributed by atoms with van der Waals surface area (Å²) in [7, 11) is 0. The molecule has 0 spiro atoms. The fourth-order valence-electron chi connectivity index (χ4n) is 2.74. The Morgan fingerprint density at radius 1 is 1.38 bits per heavy atom. The van der Waals surface area contributed by atoms with Crippen LogP contribution in [0.2, 0.25) is 5.02 Å². The molecule has 24 heavy (non-hydrogen) atoms. The van der Waals surface area contributed by atoms with Crippen LogP contribution < -0.4 is 4.90 Å². The lowest BCUT2D eigenvalue weighted by Crippen LogP contribution is -2.39. The number of halogens is 1. The molecule has 1 aromatic carbocycles. The molecule has 1 aliphatic heterocycles. The zero-order chi connectivity index (χ0) is 16.9. The van der Waals surface area contributed by atoms with Crippen molar-refractivity contribution < 1.29 is 14.3 Å². The van der Waals surface area contributed by atoms with Gasteiger partial charge in [0.2, 0.25) is 0 Å². The number of nitrogens with zero attached hydrogens (tertiary/aromatic N) is 2. The summed E-state index contributed by atoms with van der Waals surface area (Å²) in [5.41, 5.74) is 1.54. The maximum Gasteiger partial charge on any atom is 0.341 e. The molecule has 2 aromatic rings. The van der Waals surface area contributed by atoms with E-state index in [0.717, 1.165) is 5.56 Å². The van der Waals surface area contributed by atoms with Gasteiger partial charge in [-0.15, -0.1) is 0 Å². The lowest BCUT2D eigenvalue weighted by molar-refractivity contribution is 0.0389. The van der Waals surface area contributed by atoms with E-state index in [9.17, 15) is 4.79 Å². The highest BCUT2D eigenvalue weighted by Crippen LogP contribution is 2.28. The predicted molar refractivity (Wildman–Crippen MR) is 92.6 cm³/mol. The number of morpholine rings is 1. The van der Waals surface area contributed by atoms with Gasteiger partial charge in [-0.1, -0.05) is 23.7 Å². The maximum absolute atomic E-state index is 12.2. The second-order valence-electron chi connectivity index (χ2n) is 5.45. The maximum atomic E-state index is 12.2. The number of ether oxygens (including phenoxy) is 2. The van der Waals surface area contributed by atoms with Gasteiger partial charge >= 0.3 is 5.97 Å². The Bertz CT molecular complexity index is 706. The third kappa shape index (κ3) is 3.68. The first-order valence-corrected chi connectivity index (χ1v) is 8.31. The Morgan fingerprint density at radius 3 is 2.92 bits per heavy atom. The molecular formula is C18H19ClN2O3. The molecule has 0 amide bonds. The number of rotatable bonds is 4. The minimum Gasteiger partial charge on any atom is -0.462 e. The van der Waals surface area contributed by atoms with Crippen LogP contribution in [0.1, 0.15) is 28.9 Å². The van der Waals surface area contributed by atoms with E-state index in [2.05, 4.69) is 9.88 Å². The van der Waals surface area contributed by atoms with Crippen molar-refractivity contribution in [3.05, 3.63) is 58.7 Å². The number of benzene rings is 1. The van der Waals surface area contributed by atoms with Gasteiger partial charge in [0, 0.05) is 24.3 Å². The molecule has 0 saturated carbocycles. The van der Waals surface area contributed by atoms with Crippen LogP contribution in [-0.2, 0) is 9.47 Å². The molecule has 1 aromatic heterocycles. The van der Waals surface area contributed by atoms with Crippen LogP contribution in [0.3, 0.4) is 0 Å². The summed E-state index contributed by atoms with van der Waals surface area (Å²) in [6.07, 6.45) is 1.60. The summed E-state index contributed by atoms with van der Waals surface area (Å²) in [6.45, 7) is 3.98. The molecule has 126 valence electrons. The smallest absolute Gasteiger partial charge is 0.341 e. The second kappa shape index (κ2) is 7.64. The van der Waals surface area contributed by atoms with Gasteiger partial charge in [-0.25, -0.2) is 9.78 Å². The van der Waals surface area contributed by atoms with Crippen LogP contribution in [0.15, 0.2) is 42.6 Å². The Hall–Kier alpha value is -2.11. The van der Waals surface area contributed by atoms with Crippen molar-refractivity contribution in [1.82, 2.24) is 4.98 Å². The van der Waals surface area contributed by atoms with Gasteiger partial charge in [0.05, 0.1) is 13.2 Å². The molecule has 0 bridgehead atoms. The van der Waals surface area contributed by atoms with Gasteiger partial charge in [0.1, 0.15) is 17.5 Å². The summed E-state index contributed by atoms with van der Waals surface area (Å²) in [5, 5.41) is 0.695. The minimum atomic E-state index is -0.352. The molecule has 1 fully saturated rings. The standard InChI is InChI=1S/C18H19ClN2O3/c1-2-23-18(22)15-4-3-9-20-17(15)21-10-11-24-16(12-21)13-5-7-14(19)8-6-13/h3-9,16H,2,10-12H2,1H3/t16-/m0/s1. The molecule has 6 heteroatoms. The molecule has 3 rings (SSSR count). The lowest BCUT2D eigenvalue weighted by Gasteiger charge is -2.34. The van der Waals surface area contributed by atoms with E-state index in [1.807, 2.05) is 24.3 Å². The van der Waals surface area contributed by atoms with Gasteiger partial charge in [-0.3, -0.25) is 0 Å². The number of pyridine rings is 1. The average Bonchev–Trinajstić information content (AvgIpc) is 2.63. The second-order valence-corrected chi connectivity index (χ2v) is 5.89. The number of carbonyl (C=O) groups is 1. The molecule has 0 unspecified atom stereocenters. The third-order valence-corrected chi connectivity index (χ3v) is 4.14. The Morgan fingerprint density at radius 2 is 2.17 bits per heavy atom. The monoisotopic (exact) mass is 346 g/mol. The summed E-state index contributed by atoms with van der Waals surface area (Å²) >= 11 is 5.95. The molecule has 0 N–H and O–H groups in total. The van der Waals surface area contributed by atoms with Gasteiger partial charge in [-0.05, 0) is 36.8 Å². The van der Waals surface area contributed by atoms with Crippen LogP contribution in [0.25, 0.3) is 0 Å². The first-order chi connectivity index (χ1) is 11.7. The quantitative estimate of drug-likeness (QED) is 0.793. The van der Waals surface area contributed by atoms with Crippen LogP contribution in [0.5, 0.6) is 0 Å². The largest absolute Gasteiger partial charge is 0.462 e. The third-order valence-electron chi connectivity index (χ3n) is 3.89. The summed E-state index contributed by atoms with van der Waals surface area (Å²) in [4.78, 5) is 18.6. The van der Waals surface area contributed by atoms with Crippen molar-refractivity contribution in [2.45, 2.75) is 13.0 Å². The first kappa shape index (κ1) is 16.7. The van der Waals surface area contributed by atoms with Gasteiger partial charge < -0.3 is 14.4 Å². The molecule has 1 saturated heterocycles. The van der Waals surface area contributed by atoms with Crippen molar-refractivity contribution in [2.24, 2.45) is 0 Å². The van der Waals surface area contributed by atoms with Crippen LogP contribution in [-0.4, -0.2) is 37.3 Å². The number of esters is 1. The van der Waals surface area contributed by atoms with Crippen molar-refractivity contribution >= 4 is 23.4 Å². The summed E-state index contributed by atoms with van der Waals surface area (Å²) in [6, 6.07) is 11.1. The first-order valence-electron chi connectivity index (χ1n) is 7.93.